The van der Waals surface area contributed by atoms with Crippen LogP contribution in [0.2, 0.25) is 0 Å². The second-order valence-electron chi connectivity index (χ2n) is 5.39. The van der Waals surface area contributed by atoms with Crippen LogP contribution in [-0.2, 0) is 14.8 Å². The van der Waals surface area contributed by atoms with E-state index in [2.05, 4.69) is 10.0 Å². The summed E-state index contributed by atoms with van der Waals surface area (Å²) in [5, 5.41) is 2.63. The first-order chi connectivity index (χ1) is 11.3. The van der Waals surface area contributed by atoms with Gasteiger partial charge in [-0.05, 0) is 45.4 Å². The summed E-state index contributed by atoms with van der Waals surface area (Å²) in [7, 11) is -2.27. The SMILES string of the molecule is CCNC(=O)c1cc(S(=O)(=O)NCCCOC(C)C)ccc1OC. The molecule has 1 amide bonds. The van der Waals surface area contributed by atoms with E-state index in [0.717, 1.165) is 0 Å². The molecule has 0 fully saturated rings. The summed E-state index contributed by atoms with van der Waals surface area (Å²) in [4.78, 5) is 12.1. The third-order valence-electron chi connectivity index (χ3n) is 3.13. The van der Waals surface area contributed by atoms with Crippen molar-refractivity contribution in [2.45, 2.75) is 38.2 Å². The van der Waals surface area contributed by atoms with Gasteiger partial charge in [-0.2, -0.15) is 0 Å². The number of carbonyl (C=O) groups excluding carboxylic acids is 1. The number of rotatable bonds is 10. The van der Waals surface area contributed by atoms with E-state index in [1.54, 1.807) is 6.92 Å². The van der Waals surface area contributed by atoms with Gasteiger partial charge in [0.05, 0.1) is 23.7 Å². The van der Waals surface area contributed by atoms with E-state index in [-0.39, 0.29) is 29.0 Å². The van der Waals surface area contributed by atoms with Crippen LogP contribution in [0.15, 0.2) is 23.1 Å². The van der Waals surface area contributed by atoms with Crippen LogP contribution in [0, 0.1) is 0 Å². The van der Waals surface area contributed by atoms with Crippen molar-refractivity contribution in [3.8, 4) is 5.75 Å². The molecule has 0 bridgehead atoms. The van der Waals surface area contributed by atoms with E-state index in [9.17, 15) is 13.2 Å². The van der Waals surface area contributed by atoms with Crippen molar-refractivity contribution in [3.05, 3.63) is 23.8 Å². The summed E-state index contributed by atoms with van der Waals surface area (Å²) < 4.78 is 37.7. The van der Waals surface area contributed by atoms with Crippen molar-refractivity contribution < 1.29 is 22.7 Å². The number of benzene rings is 1. The van der Waals surface area contributed by atoms with Crippen molar-refractivity contribution in [2.75, 3.05) is 26.8 Å². The lowest BCUT2D eigenvalue weighted by atomic mass is 10.2. The fourth-order valence-corrected chi connectivity index (χ4v) is 3.07. The topological polar surface area (TPSA) is 93.7 Å². The van der Waals surface area contributed by atoms with Crippen molar-refractivity contribution in [2.24, 2.45) is 0 Å². The van der Waals surface area contributed by atoms with Crippen molar-refractivity contribution >= 4 is 15.9 Å². The molecule has 1 rings (SSSR count). The molecular weight excluding hydrogens is 332 g/mol. The van der Waals surface area contributed by atoms with E-state index in [4.69, 9.17) is 9.47 Å². The number of ether oxygens (including phenoxy) is 2. The number of sulfonamides is 1. The highest BCUT2D eigenvalue weighted by Crippen LogP contribution is 2.22. The zero-order valence-corrected chi connectivity index (χ0v) is 15.4. The molecule has 0 aliphatic rings. The highest BCUT2D eigenvalue weighted by Gasteiger charge is 2.19. The largest absolute Gasteiger partial charge is 0.496 e. The molecule has 24 heavy (non-hydrogen) atoms. The lowest BCUT2D eigenvalue weighted by Crippen LogP contribution is -2.27. The van der Waals surface area contributed by atoms with E-state index >= 15 is 0 Å². The molecule has 136 valence electrons. The normalized spacial score (nSPS) is 11.5. The number of hydrogen-bond acceptors (Lipinski definition) is 5. The summed E-state index contributed by atoms with van der Waals surface area (Å²) in [5.41, 5.74) is 0.186. The van der Waals surface area contributed by atoms with Gasteiger partial charge in [0.25, 0.3) is 5.91 Å². The van der Waals surface area contributed by atoms with Crippen LogP contribution < -0.4 is 14.8 Å². The second kappa shape index (κ2) is 9.61. The minimum absolute atomic E-state index is 0.0225. The maximum absolute atomic E-state index is 12.3. The molecule has 2 N–H and O–H groups in total. The average molecular weight is 358 g/mol. The molecule has 1 aromatic carbocycles. The minimum Gasteiger partial charge on any atom is -0.496 e. The van der Waals surface area contributed by atoms with E-state index in [1.165, 1.54) is 25.3 Å². The first-order valence-electron chi connectivity index (χ1n) is 7.89. The van der Waals surface area contributed by atoms with Gasteiger partial charge in [-0.3, -0.25) is 4.79 Å². The highest BCUT2D eigenvalue weighted by molar-refractivity contribution is 7.89. The van der Waals surface area contributed by atoms with Gasteiger partial charge in [0.2, 0.25) is 10.0 Å². The second-order valence-corrected chi connectivity index (χ2v) is 7.16. The van der Waals surface area contributed by atoms with Gasteiger partial charge < -0.3 is 14.8 Å². The van der Waals surface area contributed by atoms with Crippen LogP contribution in [0.25, 0.3) is 0 Å². The molecule has 8 heteroatoms. The smallest absolute Gasteiger partial charge is 0.255 e. The van der Waals surface area contributed by atoms with Crippen LogP contribution in [0.1, 0.15) is 37.6 Å². The van der Waals surface area contributed by atoms with Crippen molar-refractivity contribution in [3.63, 3.8) is 0 Å². The Morgan fingerprint density at radius 3 is 2.58 bits per heavy atom. The summed E-state index contributed by atoms with van der Waals surface area (Å²) in [6.07, 6.45) is 0.680. The van der Waals surface area contributed by atoms with Crippen LogP contribution in [0.4, 0.5) is 0 Å². The maximum atomic E-state index is 12.3. The molecule has 0 heterocycles. The third-order valence-corrected chi connectivity index (χ3v) is 4.59. The van der Waals surface area contributed by atoms with Gasteiger partial charge >= 0.3 is 0 Å². The predicted molar refractivity (Wildman–Crippen MR) is 91.9 cm³/mol. The van der Waals surface area contributed by atoms with Crippen molar-refractivity contribution in [1.29, 1.82) is 0 Å². The standard InChI is InChI=1S/C16H26N2O5S/c1-5-17-16(19)14-11-13(7-8-15(14)22-4)24(20,21)18-9-6-10-23-12(2)3/h7-8,11-12,18H,5-6,9-10H2,1-4H3,(H,17,19). The zero-order valence-electron chi connectivity index (χ0n) is 14.6. The number of nitrogens with one attached hydrogen (secondary N) is 2. The molecule has 0 radical (unpaired) electrons. The number of methoxy groups -OCH3 is 1. The number of amides is 1. The van der Waals surface area contributed by atoms with Gasteiger partial charge in [-0.1, -0.05) is 0 Å². The molecule has 0 unspecified atom stereocenters. The number of hydrogen-bond donors (Lipinski definition) is 2. The van der Waals surface area contributed by atoms with Crippen LogP contribution in [-0.4, -0.2) is 47.2 Å². The highest BCUT2D eigenvalue weighted by atomic mass is 32.2. The van der Waals surface area contributed by atoms with Gasteiger partial charge in [0, 0.05) is 19.7 Å². The molecule has 1 aromatic rings. The van der Waals surface area contributed by atoms with Crippen molar-refractivity contribution in [1.82, 2.24) is 10.0 Å². The fourth-order valence-electron chi connectivity index (χ4n) is 1.97. The van der Waals surface area contributed by atoms with E-state index < -0.39 is 10.0 Å². The van der Waals surface area contributed by atoms with Crippen LogP contribution in [0.5, 0.6) is 5.75 Å². The quantitative estimate of drug-likeness (QED) is 0.619. The van der Waals surface area contributed by atoms with Gasteiger partial charge in [-0.25, -0.2) is 13.1 Å². The Morgan fingerprint density at radius 2 is 2.00 bits per heavy atom. The third kappa shape index (κ3) is 6.10. The first kappa shape index (κ1) is 20.4. The zero-order chi connectivity index (χ0) is 18.2. The van der Waals surface area contributed by atoms with Crippen LogP contribution in [0.3, 0.4) is 0 Å². The Morgan fingerprint density at radius 1 is 1.29 bits per heavy atom. The molecular formula is C16H26N2O5S. The van der Waals surface area contributed by atoms with Gasteiger partial charge in [0.15, 0.2) is 0 Å². The molecule has 7 nitrogen and oxygen atoms in total. The lowest BCUT2D eigenvalue weighted by molar-refractivity contribution is 0.0778. The Balaban J connectivity index is 2.84. The molecule has 0 atom stereocenters. The molecule has 0 saturated heterocycles. The first-order valence-corrected chi connectivity index (χ1v) is 9.37. The summed E-state index contributed by atoms with van der Waals surface area (Å²) in [6, 6.07) is 4.20. The van der Waals surface area contributed by atoms with Gasteiger partial charge in [-0.15, -0.1) is 0 Å². The van der Waals surface area contributed by atoms with Gasteiger partial charge in [0.1, 0.15) is 5.75 Å². The maximum Gasteiger partial charge on any atom is 0.255 e. The lowest BCUT2D eigenvalue weighted by Gasteiger charge is -2.12. The minimum atomic E-state index is -3.70. The van der Waals surface area contributed by atoms with E-state index in [0.29, 0.717) is 25.3 Å². The monoisotopic (exact) mass is 358 g/mol. The predicted octanol–water partition coefficient (Wildman–Crippen LogP) is 1.54. The average Bonchev–Trinajstić information content (AvgIpc) is 2.53. The fraction of sp³-hybridized carbons (Fsp3) is 0.562. The molecule has 0 aliphatic heterocycles. The summed E-state index contributed by atoms with van der Waals surface area (Å²) in [5.74, 6) is -0.0537. The van der Waals surface area contributed by atoms with Crippen LogP contribution >= 0.6 is 0 Å². The summed E-state index contributed by atoms with van der Waals surface area (Å²) >= 11 is 0. The molecule has 0 spiro atoms. The Kier molecular flexibility index (Phi) is 8.17. The number of carbonyl (C=O) groups is 1. The Hall–Kier alpha value is -1.64. The molecule has 0 aliphatic carbocycles. The van der Waals surface area contributed by atoms with E-state index in [1.807, 2.05) is 13.8 Å². The molecule has 0 saturated carbocycles. The Bertz CT molecular complexity index is 644. The Labute approximate surface area is 143 Å². The molecule has 0 aromatic heterocycles. The summed E-state index contributed by atoms with van der Waals surface area (Å²) in [6.45, 7) is 6.80.